The standard InChI is InChI=1S/C15H26N2/c1-11(2)15(3,4)10-17-9-8-12-13(16)6-5-7-14(12)17/h8-9,11,13H,5-7,10,16H2,1-4H3. The summed E-state index contributed by atoms with van der Waals surface area (Å²) in [5.74, 6) is 0.692. The van der Waals surface area contributed by atoms with Crippen molar-refractivity contribution in [2.45, 2.75) is 59.5 Å². The van der Waals surface area contributed by atoms with Crippen molar-refractivity contribution in [1.29, 1.82) is 0 Å². The number of aromatic nitrogens is 1. The van der Waals surface area contributed by atoms with Crippen LogP contribution in [0, 0.1) is 11.3 Å². The molecule has 0 fully saturated rings. The van der Waals surface area contributed by atoms with Crippen LogP contribution in [0.3, 0.4) is 0 Å². The lowest BCUT2D eigenvalue weighted by molar-refractivity contribution is 0.207. The van der Waals surface area contributed by atoms with Crippen LogP contribution in [0.25, 0.3) is 0 Å². The van der Waals surface area contributed by atoms with Crippen molar-refractivity contribution in [2.24, 2.45) is 17.1 Å². The van der Waals surface area contributed by atoms with Crippen LogP contribution in [0.15, 0.2) is 12.3 Å². The van der Waals surface area contributed by atoms with Gasteiger partial charge in [0.05, 0.1) is 0 Å². The second kappa shape index (κ2) is 4.49. The molecule has 0 saturated heterocycles. The summed E-state index contributed by atoms with van der Waals surface area (Å²) in [4.78, 5) is 0. The van der Waals surface area contributed by atoms with Gasteiger partial charge in [-0.05, 0) is 42.2 Å². The third kappa shape index (κ3) is 2.42. The van der Waals surface area contributed by atoms with Crippen molar-refractivity contribution in [3.63, 3.8) is 0 Å². The van der Waals surface area contributed by atoms with Crippen molar-refractivity contribution in [2.75, 3.05) is 0 Å². The molecule has 2 nitrogen and oxygen atoms in total. The Labute approximate surface area is 105 Å². The molecule has 2 N–H and O–H groups in total. The molecule has 1 aliphatic rings. The maximum Gasteiger partial charge on any atom is 0.0312 e. The van der Waals surface area contributed by atoms with Gasteiger partial charge in [-0.3, -0.25) is 0 Å². The van der Waals surface area contributed by atoms with E-state index in [4.69, 9.17) is 5.73 Å². The highest BCUT2D eigenvalue weighted by Gasteiger charge is 2.26. The van der Waals surface area contributed by atoms with Crippen molar-refractivity contribution in [3.05, 3.63) is 23.5 Å². The van der Waals surface area contributed by atoms with Gasteiger partial charge in [0.1, 0.15) is 0 Å². The largest absolute Gasteiger partial charge is 0.351 e. The van der Waals surface area contributed by atoms with E-state index in [2.05, 4.69) is 44.5 Å². The molecule has 1 aromatic heterocycles. The molecular formula is C15H26N2. The zero-order valence-corrected chi connectivity index (χ0v) is 11.7. The Hall–Kier alpha value is -0.760. The molecule has 0 aliphatic heterocycles. The summed E-state index contributed by atoms with van der Waals surface area (Å²) in [6.45, 7) is 10.4. The SMILES string of the molecule is CC(C)C(C)(C)Cn1ccc2c1CCCC2N. The average Bonchev–Trinajstić information content (AvgIpc) is 2.62. The molecule has 1 heterocycles. The zero-order chi connectivity index (χ0) is 12.6. The molecule has 1 aliphatic carbocycles. The first-order valence-electron chi connectivity index (χ1n) is 6.85. The van der Waals surface area contributed by atoms with E-state index in [-0.39, 0.29) is 6.04 Å². The fourth-order valence-electron chi connectivity index (χ4n) is 2.56. The van der Waals surface area contributed by atoms with Crippen LogP contribution in [-0.2, 0) is 13.0 Å². The second-order valence-electron chi connectivity index (χ2n) is 6.49. The van der Waals surface area contributed by atoms with Crippen LogP contribution in [-0.4, -0.2) is 4.57 Å². The lowest BCUT2D eigenvalue weighted by atomic mass is 9.81. The quantitative estimate of drug-likeness (QED) is 0.852. The monoisotopic (exact) mass is 234 g/mol. The maximum atomic E-state index is 6.17. The van der Waals surface area contributed by atoms with Gasteiger partial charge < -0.3 is 10.3 Å². The summed E-state index contributed by atoms with van der Waals surface area (Å²) >= 11 is 0. The van der Waals surface area contributed by atoms with Crippen LogP contribution in [0.2, 0.25) is 0 Å². The van der Waals surface area contributed by atoms with Gasteiger partial charge >= 0.3 is 0 Å². The molecule has 0 amide bonds. The molecule has 0 radical (unpaired) electrons. The van der Waals surface area contributed by atoms with Crippen LogP contribution < -0.4 is 5.73 Å². The molecule has 2 heteroatoms. The summed E-state index contributed by atoms with van der Waals surface area (Å²) < 4.78 is 2.44. The lowest BCUT2D eigenvalue weighted by Gasteiger charge is -2.31. The van der Waals surface area contributed by atoms with E-state index in [9.17, 15) is 0 Å². The average molecular weight is 234 g/mol. The van der Waals surface area contributed by atoms with Gasteiger partial charge in [0.2, 0.25) is 0 Å². The van der Waals surface area contributed by atoms with E-state index in [1.807, 2.05) is 0 Å². The number of hydrogen-bond donors (Lipinski definition) is 1. The van der Waals surface area contributed by atoms with E-state index >= 15 is 0 Å². The van der Waals surface area contributed by atoms with Gasteiger partial charge in [-0.2, -0.15) is 0 Å². The molecule has 0 aromatic carbocycles. The van der Waals surface area contributed by atoms with Crippen LogP contribution in [0.5, 0.6) is 0 Å². The Kier molecular flexibility index (Phi) is 3.35. The van der Waals surface area contributed by atoms with Gasteiger partial charge in [0.15, 0.2) is 0 Å². The molecule has 1 atom stereocenters. The van der Waals surface area contributed by atoms with E-state index < -0.39 is 0 Å². The van der Waals surface area contributed by atoms with Crippen molar-refractivity contribution >= 4 is 0 Å². The fraction of sp³-hybridized carbons (Fsp3) is 0.733. The van der Waals surface area contributed by atoms with E-state index in [1.165, 1.54) is 24.1 Å². The number of hydrogen-bond acceptors (Lipinski definition) is 1. The number of nitrogens with zero attached hydrogens (tertiary/aromatic N) is 1. The molecule has 1 aromatic rings. The highest BCUT2D eigenvalue weighted by atomic mass is 15.0. The molecule has 0 bridgehead atoms. The second-order valence-corrected chi connectivity index (χ2v) is 6.49. The predicted molar refractivity (Wildman–Crippen MR) is 72.9 cm³/mol. The van der Waals surface area contributed by atoms with E-state index in [0.717, 1.165) is 13.0 Å². The van der Waals surface area contributed by atoms with Crippen molar-refractivity contribution < 1.29 is 0 Å². The Bertz CT molecular complexity index is 388. The first kappa shape index (κ1) is 12.7. The minimum absolute atomic E-state index is 0.266. The molecule has 0 saturated carbocycles. The molecule has 0 spiro atoms. The molecule has 96 valence electrons. The molecule has 1 unspecified atom stereocenters. The smallest absolute Gasteiger partial charge is 0.0312 e. The number of rotatable bonds is 3. The van der Waals surface area contributed by atoms with Crippen LogP contribution in [0.1, 0.15) is 57.8 Å². The number of nitrogens with two attached hydrogens (primary N) is 1. The third-order valence-corrected chi connectivity index (χ3v) is 4.58. The van der Waals surface area contributed by atoms with Gasteiger partial charge in [0, 0.05) is 24.5 Å². The van der Waals surface area contributed by atoms with Gasteiger partial charge in [0.25, 0.3) is 0 Å². The minimum atomic E-state index is 0.266. The lowest BCUT2D eigenvalue weighted by Crippen LogP contribution is -2.27. The Morgan fingerprint density at radius 3 is 2.82 bits per heavy atom. The predicted octanol–water partition coefficient (Wildman–Crippen LogP) is 3.51. The van der Waals surface area contributed by atoms with Gasteiger partial charge in [-0.1, -0.05) is 27.7 Å². The van der Waals surface area contributed by atoms with E-state index in [0.29, 0.717) is 11.3 Å². The summed E-state index contributed by atoms with van der Waals surface area (Å²) in [6.07, 6.45) is 5.81. The van der Waals surface area contributed by atoms with Crippen LogP contribution >= 0.6 is 0 Å². The first-order valence-corrected chi connectivity index (χ1v) is 6.85. The fourth-order valence-corrected chi connectivity index (χ4v) is 2.56. The molecule has 2 rings (SSSR count). The Balaban J connectivity index is 2.23. The molecular weight excluding hydrogens is 208 g/mol. The highest BCUT2D eigenvalue weighted by Crippen LogP contribution is 2.33. The maximum absolute atomic E-state index is 6.17. The summed E-state index contributed by atoms with van der Waals surface area (Å²) in [5, 5.41) is 0. The third-order valence-electron chi connectivity index (χ3n) is 4.58. The minimum Gasteiger partial charge on any atom is -0.351 e. The normalized spacial score (nSPS) is 20.7. The summed E-state index contributed by atoms with van der Waals surface area (Å²) in [5.41, 5.74) is 9.38. The van der Waals surface area contributed by atoms with Gasteiger partial charge in [-0.25, -0.2) is 0 Å². The first-order chi connectivity index (χ1) is 7.92. The highest BCUT2D eigenvalue weighted by molar-refractivity contribution is 5.28. The zero-order valence-electron chi connectivity index (χ0n) is 11.7. The topological polar surface area (TPSA) is 30.9 Å². The van der Waals surface area contributed by atoms with Crippen molar-refractivity contribution in [3.8, 4) is 0 Å². The summed E-state index contributed by atoms with van der Waals surface area (Å²) in [7, 11) is 0. The van der Waals surface area contributed by atoms with Crippen LogP contribution in [0.4, 0.5) is 0 Å². The van der Waals surface area contributed by atoms with Gasteiger partial charge in [-0.15, -0.1) is 0 Å². The molecule has 17 heavy (non-hydrogen) atoms. The van der Waals surface area contributed by atoms with E-state index in [1.54, 1.807) is 0 Å². The number of fused-ring (bicyclic) bond motifs is 1. The Morgan fingerprint density at radius 1 is 1.47 bits per heavy atom. The Morgan fingerprint density at radius 2 is 2.18 bits per heavy atom. The van der Waals surface area contributed by atoms with Crippen molar-refractivity contribution in [1.82, 2.24) is 4.57 Å². The summed E-state index contributed by atoms with van der Waals surface area (Å²) in [6, 6.07) is 2.50.